The third-order valence-corrected chi connectivity index (χ3v) is 2.89. The first-order chi connectivity index (χ1) is 6.91. The molecule has 0 spiro atoms. The van der Waals surface area contributed by atoms with Gasteiger partial charge in [0.25, 0.3) is 0 Å². The Balaban J connectivity index is 2.90. The van der Waals surface area contributed by atoms with Crippen LogP contribution in [0.3, 0.4) is 0 Å². The summed E-state index contributed by atoms with van der Waals surface area (Å²) in [6.45, 7) is -0.502. The Hall–Kier alpha value is -0.890. The fourth-order valence-electron chi connectivity index (χ4n) is 1.97. The van der Waals surface area contributed by atoms with Gasteiger partial charge in [0.2, 0.25) is 0 Å². The molecule has 0 bridgehead atoms. The lowest BCUT2D eigenvalue weighted by Gasteiger charge is -2.28. The molecule has 1 amide bonds. The first kappa shape index (κ1) is 12.2. The number of hydrogen-bond acceptors (Lipinski definition) is 5. The number of amides is 1. The summed E-state index contributed by atoms with van der Waals surface area (Å²) in [4.78, 5) is 11.5. The van der Waals surface area contributed by atoms with E-state index in [1.54, 1.807) is 0 Å². The molecule has 0 heterocycles. The molecule has 7 heteroatoms. The van der Waals surface area contributed by atoms with E-state index in [1.165, 1.54) is 7.05 Å². The van der Waals surface area contributed by atoms with Crippen molar-refractivity contribution < 1.29 is 30.3 Å². The molecule has 88 valence electrons. The van der Waals surface area contributed by atoms with E-state index >= 15 is 0 Å². The van der Waals surface area contributed by atoms with Gasteiger partial charge < -0.3 is 30.4 Å². The normalized spacial score (nSPS) is 40.5. The fraction of sp³-hybridized carbons (Fsp3) is 0.875. The summed E-state index contributed by atoms with van der Waals surface area (Å²) in [6, 6.07) is -1.00. The summed E-state index contributed by atoms with van der Waals surface area (Å²) < 4.78 is 0. The van der Waals surface area contributed by atoms with Crippen LogP contribution in [0.25, 0.3) is 0 Å². The van der Waals surface area contributed by atoms with E-state index in [0.29, 0.717) is 0 Å². The van der Waals surface area contributed by atoms with Crippen LogP contribution < -0.4 is 0 Å². The fourth-order valence-corrected chi connectivity index (χ4v) is 1.97. The van der Waals surface area contributed by atoms with Gasteiger partial charge in [-0.25, -0.2) is 4.79 Å². The molecule has 0 radical (unpaired) electrons. The molecule has 0 aliphatic heterocycles. The molecule has 0 aromatic rings. The second-order valence-corrected chi connectivity index (χ2v) is 3.70. The van der Waals surface area contributed by atoms with Crippen LogP contribution in [0.15, 0.2) is 0 Å². The van der Waals surface area contributed by atoms with E-state index < -0.39 is 43.0 Å². The average molecular weight is 221 g/mol. The molecule has 1 aliphatic carbocycles. The van der Waals surface area contributed by atoms with Crippen molar-refractivity contribution in [3.63, 3.8) is 0 Å². The Bertz CT molecular complexity index is 247. The first-order valence-corrected chi connectivity index (χ1v) is 4.52. The van der Waals surface area contributed by atoms with E-state index in [4.69, 9.17) is 10.2 Å². The number of aliphatic hydroxyl groups excluding tert-OH is 4. The SMILES string of the molecule is CN(C(=O)O)[C@H]1[C@H](O)[C@H](O)[C@@H](O)[C@@H]1CO. The number of carboxylic acid groups (broad SMARTS) is 1. The molecule has 0 aromatic heterocycles. The van der Waals surface area contributed by atoms with Gasteiger partial charge in [-0.05, 0) is 0 Å². The molecule has 0 aromatic carbocycles. The highest BCUT2D eigenvalue weighted by molar-refractivity contribution is 5.65. The number of rotatable bonds is 2. The standard InChI is InChI=1S/C8H15NO6/c1-9(8(14)15)4-3(2-10)5(11)7(13)6(4)12/h3-7,10-13H,2H2,1H3,(H,14,15)/t3-,4-,5+,6+,7-/m1/s1. The largest absolute Gasteiger partial charge is 0.465 e. The Morgan fingerprint density at radius 1 is 1.20 bits per heavy atom. The van der Waals surface area contributed by atoms with E-state index in [2.05, 4.69) is 0 Å². The predicted molar refractivity (Wildman–Crippen MR) is 48.2 cm³/mol. The molecular weight excluding hydrogens is 206 g/mol. The highest BCUT2D eigenvalue weighted by Crippen LogP contribution is 2.30. The lowest BCUT2D eigenvalue weighted by molar-refractivity contribution is -0.0333. The molecule has 1 aliphatic rings. The maximum absolute atomic E-state index is 10.7. The van der Waals surface area contributed by atoms with Gasteiger partial charge in [0.05, 0.1) is 18.8 Å². The first-order valence-electron chi connectivity index (χ1n) is 4.52. The molecule has 0 saturated heterocycles. The maximum Gasteiger partial charge on any atom is 0.407 e. The summed E-state index contributed by atoms with van der Waals surface area (Å²) in [5.41, 5.74) is 0. The van der Waals surface area contributed by atoms with E-state index in [-0.39, 0.29) is 0 Å². The van der Waals surface area contributed by atoms with Crippen molar-refractivity contribution in [2.45, 2.75) is 24.4 Å². The van der Waals surface area contributed by atoms with Gasteiger partial charge in [-0.3, -0.25) is 0 Å². The third kappa shape index (κ3) is 1.91. The van der Waals surface area contributed by atoms with Gasteiger partial charge >= 0.3 is 6.09 Å². The zero-order valence-corrected chi connectivity index (χ0v) is 8.19. The Kier molecular flexibility index (Phi) is 3.50. The smallest absolute Gasteiger partial charge is 0.407 e. The van der Waals surface area contributed by atoms with Crippen molar-refractivity contribution in [2.75, 3.05) is 13.7 Å². The molecule has 5 N–H and O–H groups in total. The van der Waals surface area contributed by atoms with Gasteiger partial charge in [0.15, 0.2) is 0 Å². The van der Waals surface area contributed by atoms with Crippen molar-refractivity contribution in [3.8, 4) is 0 Å². The van der Waals surface area contributed by atoms with E-state index in [9.17, 15) is 20.1 Å². The van der Waals surface area contributed by atoms with Gasteiger partial charge in [0.1, 0.15) is 12.2 Å². The number of nitrogens with zero attached hydrogens (tertiary/aromatic N) is 1. The summed E-state index contributed by atoms with van der Waals surface area (Å²) in [5, 5.41) is 46.0. The Labute approximate surface area is 86.2 Å². The minimum Gasteiger partial charge on any atom is -0.465 e. The average Bonchev–Trinajstić information content (AvgIpc) is 2.41. The zero-order valence-electron chi connectivity index (χ0n) is 8.19. The molecule has 1 rings (SSSR count). The van der Waals surface area contributed by atoms with Crippen molar-refractivity contribution in [3.05, 3.63) is 0 Å². The molecule has 1 fully saturated rings. The van der Waals surface area contributed by atoms with Crippen LogP contribution >= 0.6 is 0 Å². The lowest BCUT2D eigenvalue weighted by atomic mass is 10.0. The Morgan fingerprint density at radius 2 is 1.73 bits per heavy atom. The summed E-state index contributed by atoms with van der Waals surface area (Å²) >= 11 is 0. The minimum atomic E-state index is -1.44. The van der Waals surface area contributed by atoms with Crippen LogP contribution in [0.2, 0.25) is 0 Å². The van der Waals surface area contributed by atoms with Gasteiger partial charge in [-0.2, -0.15) is 0 Å². The Morgan fingerprint density at radius 3 is 2.13 bits per heavy atom. The van der Waals surface area contributed by atoms with E-state index in [1.807, 2.05) is 0 Å². The minimum absolute atomic E-state index is 0.502. The number of likely N-dealkylation sites (N-methyl/N-ethyl adjacent to an activating group) is 1. The number of hydrogen-bond donors (Lipinski definition) is 5. The van der Waals surface area contributed by atoms with Crippen LogP contribution in [0.5, 0.6) is 0 Å². The second kappa shape index (κ2) is 4.31. The summed E-state index contributed by atoms with van der Waals surface area (Å²) in [7, 11) is 1.21. The van der Waals surface area contributed by atoms with Gasteiger partial charge in [-0.15, -0.1) is 0 Å². The molecule has 7 nitrogen and oxygen atoms in total. The van der Waals surface area contributed by atoms with Crippen molar-refractivity contribution in [1.29, 1.82) is 0 Å². The zero-order chi connectivity index (χ0) is 11.7. The predicted octanol–water partition coefficient (Wildman–Crippen LogP) is -2.33. The van der Waals surface area contributed by atoms with Gasteiger partial charge in [-0.1, -0.05) is 0 Å². The van der Waals surface area contributed by atoms with Crippen molar-refractivity contribution in [2.24, 2.45) is 5.92 Å². The number of aliphatic hydroxyl groups is 4. The lowest BCUT2D eigenvalue weighted by Crippen LogP contribution is -2.47. The second-order valence-electron chi connectivity index (χ2n) is 3.70. The van der Waals surface area contributed by atoms with Crippen LogP contribution in [0.4, 0.5) is 4.79 Å². The van der Waals surface area contributed by atoms with Crippen LogP contribution in [0, 0.1) is 5.92 Å². The topological polar surface area (TPSA) is 121 Å². The molecule has 15 heavy (non-hydrogen) atoms. The molecule has 1 saturated carbocycles. The molecule has 0 unspecified atom stereocenters. The van der Waals surface area contributed by atoms with Crippen LogP contribution in [-0.4, -0.2) is 74.5 Å². The van der Waals surface area contributed by atoms with Crippen LogP contribution in [-0.2, 0) is 0 Å². The molecular formula is C8H15NO6. The van der Waals surface area contributed by atoms with Gasteiger partial charge in [0, 0.05) is 13.0 Å². The highest BCUT2D eigenvalue weighted by Gasteiger charge is 2.51. The number of carbonyl (C=O) groups is 1. The maximum atomic E-state index is 10.7. The monoisotopic (exact) mass is 221 g/mol. The van der Waals surface area contributed by atoms with E-state index in [0.717, 1.165) is 4.90 Å². The van der Waals surface area contributed by atoms with Crippen molar-refractivity contribution in [1.82, 2.24) is 4.90 Å². The highest BCUT2D eigenvalue weighted by atomic mass is 16.4. The van der Waals surface area contributed by atoms with Crippen LogP contribution in [0.1, 0.15) is 0 Å². The van der Waals surface area contributed by atoms with Crippen molar-refractivity contribution >= 4 is 6.09 Å². The third-order valence-electron chi connectivity index (χ3n) is 2.89. The summed E-state index contributed by atoms with van der Waals surface area (Å²) in [6.07, 6.45) is -5.44. The molecule has 5 atom stereocenters. The quantitative estimate of drug-likeness (QED) is 0.356. The summed E-state index contributed by atoms with van der Waals surface area (Å²) in [5.74, 6) is -0.879.